The van der Waals surface area contributed by atoms with Crippen molar-refractivity contribution in [1.82, 2.24) is 0 Å². The summed E-state index contributed by atoms with van der Waals surface area (Å²) < 4.78 is 0. The van der Waals surface area contributed by atoms with Crippen molar-refractivity contribution in [2.24, 2.45) is 0 Å². The molecule has 0 aliphatic rings. The van der Waals surface area contributed by atoms with Gasteiger partial charge in [0.15, 0.2) is 5.78 Å². The van der Waals surface area contributed by atoms with Crippen LogP contribution in [0.2, 0.25) is 5.02 Å². The highest BCUT2D eigenvalue weighted by Gasteiger charge is 2.09. The molecule has 0 saturated carbocycles. The van der Waals surface area contributed by atoms with Crippen molar-refractivity contribution in [1.29, 1.82) is 0 Å². The number of nitrogen functional groups attached to an aromatic ring is 1. The van der Waals surface area contributed by atoms with Crippen LogP contribution in [0.25, 0.3) is 0 Å². The van der Waals surface area contributed by atoms with Crippen LogP contribution in [0.3, 0.4) is 0 Å². The van der Waals surface area contributed by atoms with Crippen LogP contribution in [0.4, 0.5) is 5.69 Å². The van der Waals surface area contributed by atoms with Crippen molar-refractivity contribution in [3.63, 3.8) is 0 Å². The molecule has 0 unspecified atom stereocenters. The maximum absolute atomic E-state index is 12.2. The molecule has 0 atom stereocenters. The average molecular weight is 274 g/mol. The topological polar surface area (TPSA) is 43.1 Å². The lowest BCUT2D eigenvalue weighted by atomic mass is 9.99. The van der Waals surface area contributed by atoms with Crippen LogP contribution in [0.5, 0.6) is 0 Å². The largest absolute Gasteiger partial charge is 0.398 e. The minimum Gasteiger partial charge on any atom is -0.398 e. The number of carbonyl (C=O) groups excluding carboxylic acids is 1. The van der Waals surface area contributed by atoms with E-state index in [4.69, 9.17) is 17.3 Å². The molecule has 0 radical (unpaired) electrons. The van der Waals surface area contributed by atoms with Gasteiger partial charge in [-0.1, -0.05) is 40.9 Å². The number of hydrogen-bond donors (Lipinski definition) is 1. The van der Waals surface area contributed by atoms with E-state index >= 15 is 0 Å². The molecule has 0 heterocycles. The zero-order valence-corrected chi connectivity index (χ0v) is 11.8. The zero-order chi connectivity index (χ0) is 14.0. The lowest BCUT2D eigenvalue weighted by Gasteiger charge is -2.06. The van der Waals surface area contributed by atoms with Gasteiger partial charge in [0.05, 0.1) is 10.7 Å². The van der Waals surface area contributed by atoms with Gasteiger partial charge in [-0.15, -0.1) is 0 Å². The Balaban J connectivity index is 2.22. The first-order chi connectivity index (χ1) is 8.95. The second-order valence-corrected chi connectivity index (χ2v) is 5.24. The lowest BCUT2D eigenvalue weighted by molar-refractivity contribution is 0.0993. The van der Waals surface area contributed by atoms with Gasteiger partial charge in [-0.25, -0.2) is 0 Å². The fourth-order valence-electron chi connectivity index (χ4n) is 2.16. The number of ketones is 1. The number of aryl methyl sites for hydroxylation is 2. The van der Waals surface area contributed by atoms with Crippen LogP contribution in [0.15, 0.2) is 36.4 Å². The third-order valence-corrected chi connectivity index (χ3v) is 3.30. The summed E-state index contributed by atoms with van der Waals surface area (Å²) in [5.41, 5.74) is 10.1. The molecule has 98 valence electrons. The Morgan fingerprint density at radius 3 is 2.32 bits per heavy atom. The van der Waals surface area contributed by atoms with E-state index in [1.54, 1.807) is 18.2 Å². The smallest absolute Gasteiger partial charge is 0.167 e. The van der Waals surface area contributed by atoms with Gasteiger partial charge in [-0.2, -0.15) is 0 Å². The summed E-state index contributed by atoms with van der Waals surface area (Å²) in [6.07, 6.45) is 0.378. The molecule has 2 N–H and O–H groups in total. The van der Waals surface area contributed by atoms with Crippen LogP contribution in [-0.2, 0) is 6.42 Å². The molecule has 3 heteroatoms. The van der Waals surface area contributed by atoms with Crippen LogP contribution in [-0.4, -0.2) is 5.78 Å². The summed E-state index contributed by atoms with van der Waals surface area (Å²) in [7, 11) is 0. The van der Waals surface area contributed by atoms with Crippen molar-refractivity contribution in [2.75, 3.05) is 5.73 Å². The van der Waals surface area contributed by atoms with E-state index in [0.717, 1.165) is 16.7 Å². The first kappa shape index (κ1) is 13.6. The molecule has 2 aromatic carbocycles. The van der Waals surface area contributed by atoms with Crippen molar-refractivity contribution in [3.05, 3.63) is 63.7 Å². The van der Waals surface area contributed by atoms with Crippen molar-refractivity contribution >= 4 is 23.1 Å². The minimum atomic E-state index is 0.0481. The molecule has 0 saturated heterocycles. The highest BCUT2D eigenvalue weighted by Crippen LogP contribution is 2.21. The molecule has 0 amide bonds. The molecular formula is C16H16ClNO. The van der Waals surface area contributed by atoms with E-state index in [1.807, 2.05) is 26.0 Å². The monoisotopic (exact) mass is 273 g/mol. The molecule has 2 nitrogen and oxygen atoms in total. The molecule has 0 aliphatic heterocycles. The van der Waals surface area contributed by atoms with Gasteiger partial charge in [-0.3, -0.25) is 4.79 Å². The Bertz CT molecular complexity index is 614. The minimum absolute atomic E-state index is 0.0481. The molecule has 0 spiro atoms. The maximum Gasteiger partial charge on any atom is 0.167 e. The second kappa shape index (κ2) is 5.45. The predicted molar refractivity (Wildman–Crippen MR) is 79.8 cm³/mol. The molecule has 0 aliphatic carbocycles. The zero-order valence-electron chi connectivity index (χ0n) is 11.0. The van der Waals surface area contributed by atoms with Gasteiger partial charge in [-0.05, 0) is 37.6 Å². The number of benzene rings is 2. The fraction of sp³-hybridized carbons (Fsp3) is 0.188. The molecule has 2 rings (SSSR count). The third-order valence-electron chi connectivity index (χ3n) is 2.97. The summed E-state index contributed by atoms with van der Waals surface area (Å²) in [4.78, 5) is 12.2. The standard InChI is InChI=1S/C16H16ClNO/c1-10-5-11(2)7-12(6-10)8-16(19)13-3-4-15(18)14(17)9-13/h3-7,9H,8,18H2,1-2H3. The highest BCUT2D eigenvalue weighted by atomic mass is 35.5. The number of nitrogens with two attached hydrogens (primary N) is 1. The van der Waals surface area contributed by atoms with Crippen LogP contribution in [0, 0.1) is 13.8 Å². The van der Waals surface area contributed by atoms with Gasteiger partial charge in [0.25, 0.3) is 0 Å². The predicted octanol–water partition coefficient (Wildman–Crippen LogP) is 3.96. The second-order valence-electron chi connectivity index (χ2n) is 4.83. The number of rotatable bonds is 3. The van der Waals surface area contributed by atoms with Crippen molar-refractivity contribution < 1.29 is 4.79 Å². The molecule has 0 bridgehead atoms. The van der Waals surface area contributed by atoms with E-state index in [0.29, 0.717) is 22.7 Å². The van der Waals surface area contributed by atoms with Crippen LogP contribution >= 0.6 is 11.6 Å². The fourth-order valence-corrected chi connectivity index (χ4v) is 2.34. The maximum atomic E-state index is 12.2. The Hall–Kier alpha value is -1.80. The van der Waals surface area contributed by atoms with Crippen molar-refractivity contribution in [3.8, 4) is 0 Å². The Morgan fingerprint density at radius 1 is 1.11 bits per heavy atom. The Labute approximate surface area is 118 Å². The van der Waals surface area contributed by atoms with Crippen LogP contribution in [0.1, 0.15) is 27.0 Å². The average Bonchev–Trinajstić information content (AvgIpc) is 2.31. The number of hydrogen-bond acceptors (Lipinski definition) is 2. The normalized spacial score (nSPS) is 10.5. The summed E-state index contributed by atoms with van der Waals surface area (Å²) in [5, 5.41) is 0.422. The van der Waals surface area contributed by atoms with Gasteiger partial charge in [0.1, 0.15) is 0 Å². The first-order valence-corrected chi connectivity index (χ1v) is 6.49. The summed E-state index contributed by atoms with van der Waals surface area (Å²) in [6.45, 7) is 4.06. The lowest BCUT2D eigenvalue weighted by Crippen LogP contribution is -2.04. The summed E-state index contributed by atoms with van der Waals surface area (Å²) in [5.74, 6) is 0.0481. The molecular weight excluding hydrogens is 258 g/mol. The Morgan fingerprint density at radius 2 is 1.74 bits per heavy atom. The molecule has 0 fully saturated rings. The number of anilines is 1. The van der Waals surface area contributed by atoms with Crippen LogP contribution < -0.4 is 5.73 Å². The summed E-state index contributed by atoms with van der Waals surface area (Å²) in [6, 6.07) is 11.2. The highest BCUT2D eigenvalue weighted by molar-refractivity contribution is 6.33. The van der Waals surface area contributed by atoms with Gasteiger partial charge < -0.3 is 5.73 Å². The Kier molecular flexibility index (Phi) is 3.91. The third kappa shape index (κ3) is 3.36. The van der Waals surface area contributed by atoms with Crippen molar-refractivity contribution in [2.45, 2.75) is 20.3 Å². The number of carbonyl (C=O) groups is 1. The van der Waals surface area contributed by atoms with E-state index in [1.165, 1.54) is 0 Å². The van der Waals surface area contributed by atoms with Gasteiger partial charge >= 0.3 is 0 Å². The van der Waals surface area contributed by atoms with E-state index < -0.39 is 0 Å². The van der Waals surface area contributed by atoms with Gasteiger partial charge in [0, 0.05) is 12.0 Å². The molecule has 0 aromatic heterocycles. The number of Topliss-reactive ketones (excluding diaryl/α,β-unsaturated/α-hetero) is 1. The summed E-state index contributed by atoms with van der Waals surface area (Å²) >= 11 is 5.93. The molecule has 2 aromatic rings. The van der Waals surface area contributed by atoms with Gasteiger partial charge in [0.2, 0.25) is 0 Å². The quantitative estimate of drug-likeness (QED) is 0.679. The van der Waals surface area contributed by atoms with E-state index in [2.05, 4.69) is 6.07 Å². The first-order valence-electron chi connectivity index (χ1n) is 6.11. The van der Waals surface area contributed by atoms with E-state index in [-0.39, 0.29) is 5.78 Å². The molecule has 19 heavy (non-hydrogen) atoms. The number of halogens is 1. The SMILES string of the molecule is Cc1cc(C)cc(CC(=O)c2ccc(N)c(Cl)c2)c1. The van der Waals surface area contributed by atoms with E-state index in [9.17, 15) is 4.79 Å².